The smallest absolute Gasteiger partial charge is 0.308 e. The van der Waals surface area contributed by atoms with Crippen LogP contribution in [0.5, 0.6) is 0 Å². The Bertz CT molecular complexity index is 2240. The number of allylic oxidation sites excluding steroid dienone is 2. The minimum Gasteiger partial charge on any atom is -0.462 e. The SMILES string of the molecule is CCC(C)C(CC(O)CC(=O)O[C@@H](C[C@@H](O)C[C@@H](O)OC1C(O)C(C)O[C@@H](O[C@H](O)[C@]23CCC(C)(C)CC2C2=CCC4[C@]5(C)CC[C@H](O[C@@H]6O[C@@H](OC=O)[C@H](O)[C@H](OC)[C@@H]6OC)[C@@](C)(C=O)[C@@H]5CC[C@]4(C)[C@]2(C)CC3O)[C@H]1OC)[C@@H](C)CC)OC. The molecule has 0 aromatic rings. The molecule has 0 spiro atoms. The van der Waals surface area contributed by atoms with Crippen LogP contribution in [0.25, 0.3) is 0 Å². The van der Waals surface area contributed by atoms with E-state index < -0.39 is 127 Å². The van der Waals surface area contributed by atoms with Crippen LogP contribution in [-0.4, -0.2) is 194 Å². The molecule has 21 nitrogen and oxygen atoms in total. The maximum Gasteiger partial charge on any atom is 0.308 e. The second-order valence-corrected chi connectivity index (χ2v) is 28.4. The first-order valence-corrected chi connectivity index (χ1v) is 31.6. The molecule has 0 aromatic carbocycles. The average Bonchev–Trinajstić information content (AvgIpc) is 0.750. The molecule has 7 aliphatic rings. The summed E-state index contributed by atoms with van der Waals surface area (Å²) in [5.41, 5.74) is -2.44. The summed E-state index contributed by atoms with van der Waals surface area (Å²) < 4.78 is 65.6. The quantitative estimate of drug-likeness (QED) is 0.0162. The molecule has 490 valence electrons. The van der Waals surface area contributed by atoms with Gasteiger partial charge in [-0.05, 0) is 116 Å². The van der Waals surface area contributed by atoms with Gasteiger partial charge in [0.05, 0.1) is 53.9 Å². The molecule has 21 heteroatoms. The van der Waals surface area contributed by atoms with Gasteiger partial charge in [-0.15, -0.1) is 0 Å². The molecule has 2 aliphatic heterocycles. The zero-order valence-electron chi connectivity index (χ0n) is 53.5. The molecular weight excluding hydrogens is 1100 g/mol. The van der Waals surface area contributed by atoms with E-state index in [0.29, 0.717) is 57.8 Å². The standard InChI is InChI=1S/C64H108O21/c1-16-34(3)41(75-12)26-37(67)28-47(70)81-42(35(4)17-2)27-38(68)29-48(71)83-52-49(72)36(5)80-56(54(52)78-15)85-58(74)64-25-24-59(6,7)30-40(64)39-18-19-44-60(8)22-21-46(82-57-53(77-14)51(76-13)50(73)55(84-57)79-33-66)61(9,32-65)43(60)20-23-62(44,10)63(39,11)31-45(64)69/h18,32-38,40-46,48-58,67-69,71-74H,16-17,19-31H2,1-15H3/t34?,35-,36?,37?,38+,40?,41?,42-,43+,44?,45?,46-,48-,49?,50+,51-,52?,53-,54-,55+,56-,57+,58-,60+,61-,62-,63+,64+/m0/s1. The lowest BCUT2D eigenvalue weighted by molar-refractivity contribution is -0.372. The number of carbonyl (C=O) groups excluding carboxylic acids is 3. The Morgan fingerprint density at radius 3 is 1.96 bits per heavy atom. The minimum absolute atomic E-state index is 0.0324. The third kappa shape index (κ3) is 13.4. The Morgan fingerprint density at radius 2 is 1.35 bits per heavy atom. The number of methoxy groups -OCH3 is 4. The summed E-state index contributed by atoms with van der Waals surface area (Å²) in [5, 5.41) is 82.1. The maximum absolute atomic E-state index is 13.7. The zero-order valence-corrected chi connectivity index (χ0v) is 53.5. The molecule has 0 aromatic heterocycles. The molecule has 7 rings (SSSR count). The van der Waals surface area contributed by atoms with Crippen molar-refractivity contribution < 1.29 is 102 Å². The minimum atomic E-state index is -1.64. The summed E-state index contributed by atoms with van der Waals surface area (Å²) in [6.45, 7) is 23.0. The largest absolute Gasteiger partial charge is 0.462 e. The molecule has 6 fully saturated rings. The molecule has 5 aliphatic carbocycles. The van der Waals surface area contributed by atoms with Crippen LogP contribution in [0.1, 0.15) is 172 Å². The van der Waals surface area contributed by atoms with Gasteiger partial charge in [0, 0.05) is 47.7 Å². The van der Waals surface area contributed by atoms with Gasteiger partial charge < -0.3 is 92.6 Å². The van der Waals surface area contributed by atoms with Crippen LogP contribution in [0, 0.1) is 62.1 Å². The van der Waals surface area contributed by atoms with Gasteiger partial charge in [-0.1, -0.05) is 93.7 Å². The molecule has 7 N–H and O–H groups in total. The van der Waals surface area contributed by atoms with Crippen molar-refractivity contribution >= 4 is 18.7 Å². The van der Waals surface area contributed by atoms with E-state index in [1.165, 1.54) is 26.9 Å². The van der Waals surface area contributed by atoms with E-state index in [1.54, 1.807) is 14.0 Å². The van der Waals surface area contributed by atoms with Crippen LogP contribution >= 0.6 is 0 Å². The van der Waals surface area contributed by atoms with Crippen molar-refractivity contribution in [2.24, 2.45) is 62.1 Å². The third-order valence-corrected chi connectivity index (χ3v) is 23.3. The van der Waals surface area contributed by atoms with E-state index in [0.717, 1.165) is 19.1 Å². The highest BCUT2D eigenvalue weighted by molar-refractivity contribution is 5.70. The van der Waals surface area contributed by atoms with E-state index in [1.807, 2.05) is 34.6 Å². The Hall–Kier alpha value is -2.29. The number of fused-ring (bicyclic) bond motifs is 7. The van der Waals surface area contributed by atoms with Crippen molar-refractivity contribution in [3.63, 3.8) is 0 Å². The Balaban J connectivity index is 1.07. The predicted octanol–water partition coefficient (Wildman–Crippen LogP) is 6.03. The van der Waals surface area contributed by atoms with E-state index in [4.69, 9.17) is 52.1 Å². The number of hydrogen-bond acceptors (Lipinski definition) is 21. The van der Waals surface area contributed by atoms with Gasteiger partial charge in [-0.2, -0.15) is 0 Å². The second kappa shape index (κ2) is 28.1. The first kappa shape index (κ1) is 70.2. The number of esters is 1. The Labute approximate surface area is 504 Å². The van der Waals surface area contributed by atoms with Gasteiger partial charge in [-0.25, -0.2) is 0 Å². The topological polar surface area (TPSA) is 294 Å². The van der Waals surface area contributed by atoms with Crippen LogP contribution in [0.2, 0.25) is 0 Å². The Morgan fingerprint density at radius 1 is 0.718 bits per heavy atom. The summed E-state index contributed by atoms with van der Waals surface area (Å²) in [7, 11) is 5.82. The van der Waals surface area contributed by atoms with E-state index in [-0.39, 0.29) is 84.1 Å². The molecule has 0 amide bonds. The number of aliphatic hydroxyl groups excluding tert-OH is 7. The van der Waals surface area contributed by atoms with Crippen LogP contribution in [0.3, 0.4) is 0 Å². The summed E-state index contributed by atoms with van der Waals surface area (Å²) >= 11 is 0. The van der Waals surface area contributed by atoms with Gasteiger partial charge in [-0.3, -0.25) is 9.59 Å². The van der Waals surface area contributed by atoms with Gasteiger partial charge in [0.2, 0.25) is 6.29 Å². The van der Waals surface area contributed by atoms with Crippen molar-refractivity contribution in [2.45, 2.75) is 283 Å². The molecule has 28 atom stereocenters. The summed E-state index contributed by atoms with van der Waals surface area (Å²) in [4.78, 5) is 38.3. The molecule has 85 heavy (non-hydrogen) atoms. The third-order valence-electron chi connectivity index (χ3n) is 23.3. The highest BCUT2D eigenvalue weighted by Gasteiger charge is 2.72. The van der Waals surface area contributed by atoms with Crippen LogP contribution < -0.4 is 0 Å². The summed E-state index contributed by atoms with van der Waals surface area (Å²) in [6.07, 6.45) is -9.91. The number of aliphatic hydroxyl groups is 7. The molecule has 0 radical (unpaired) electrons. The molecular formula is C64H108O21. The van der Waals surface area contributed by atoms with Crippen molar-refractivity contribution in [3.8, 4) is 0 Å². The lowest BCUT2D eigenvalue weighted by Crippen LogP contribution is -2.69. The number of aldehydes is 1. The molecule has 2 saturated heterocycles. The lowest BCUT2D eigenvalue weighted by atomic mass is 9.33. The highest BCUT2D eigenvalue weighted by Crippen LogP contribution is 2.76. The monoisotopic (exact) mass is 1210 g/mol. The number of hydrogen-bond donors (Lipinski definition) is 7. The highest BCUT2D eigenvalue weighted by atomic mass is 16.8. The number of carbonyl (C=O) groups is 3. The summed E-state index contributed by atoms with van der Waals surface area (Å²) in [5.74, 6) is -0.970. The van der Waals surface area contributed by atoms with Gasteiger partial charge in [0.15, 0.2) is 25.2 Å². The van der Waals surface area contributed by atoms with Crippen LogP contribution in [0.15, 0.2) is 11.6 Å². The summed E-state index contributed by atoms with van der Waals surface area (Å²) in [6, 6.07) is 0. The average molecular weight is 1210 g/mol. The molecule has 9 unspecified atom stereocenters. The molecule has 0 bridgehead atoms. The Kier molecular flexibility index (Phi) is 23.2. The van der Waals surface area contributed by atoms with Crippen molar-refractivity contribution in [3.05, 3.63) is 11.6 Å². The van der Waals surface area contributed by atoms with Crippen LogP contribution in [0.4, 0.5) is 0 Å². The van der Waals surface area contributed by atoms with Gasteiger partial charge in [0.25, 0.3) is 6.47 Å². The van der Waals surface area contributed by atoms with Crippen molar-refractivity contribution in [1.82, 2.24) is 0 Å². The van der Waals surface area contributed by atoms with Crippen LogP contribution in [-0.2, 0) is 66.5 Å². The molecule has 2 heterocycles. The maximum atomic E-state index is 13.7. The fourth-order valence-electron chi connectivity index (χ4n) is 17.5. The zero-order chi connectivity index (χ0) is 62.9. The predicted molar refractivity (Wildman–Crippen MR) is 308 cm³/mol. The van der Waals surface area contributed by atoms with Crippen molar-refractivity contribution in [2.75, 3.05) is 28.4 Å². The molecule has 4 saturated carbocycles. The van der Waals surface area contributed by atoms with E-state index in [2.05, 4.69) is 40.7 Å². The second-order valence-electron chi connectivity index (χ2n) is 28.4. The van der Waals surface area contributed by atoms with Gasteiger partial charge >= 0.3 is 5.97 Å². The lowest BCUT2D eigenvalue weighted by Gasteiger charge is -2.72. The van der Waals surface area contributed by atoms with Gasteiger partial charge in [0.1, 0.15) is 49.0 Å². The van der Waals surface area contributed by atoms with E-state index >= 15 is 0 Å². The fraction of sp³-hybridized carbons (Fsp3) is 0.922. The van der Waals surface area contributed by atoms with E-state index in [9.17, 15) is 50.1 Å². The number of ether oxygens (including phenoxy) is 11. The van der Waals surface area contributed by atoms with Crippen molar-refractivity contribution in [1.29, 1.82) is 0 Å². The first-order chi connectivity index (χ1) is 40.0. The first-order valence-electron chi connectivity index (χ1n) is 31.6. The normalized spacial score (nSPS) is 43.6. The fourth-order valence-corrected chi connectivity index (χ4v) is 17.5. The number of rotatable bonds is 27.